The molecule has 7 nitrogen and oxygen atoms in total. The summed E-state index contributed by atoms with van der Waals surface area (Å²) in [5.41, 5.74) is 3.17. The molecule has 2 aliphatic heterocycles. The van der Waals surface area contributed by atoms with Crippen LogP contribution in [0.3, 0.4) is 0 Å². The zero-order valence-corrected chi connectivity index (χ0v) is 20.8. The lowest BCUT2D eigenvalue weighted by molar-refractivity contribution is -0.140. The molecule has 3 aromatic rings. The molecule has 7 heteroatoms. The van der Waals surface area contributed by atoms with Crippen LogP contribution in [0.5, 0.6) is 11.5 Å². The molecule has 0 unspecified atom stereocenters. The molecule has 1 N–H and O–H groups in total. The van der Waals surface area contributed by atoms with Crippen LogP contribution in [0.2, 0.25) is 0 Å². The van der Waals surface area contributed by atoms with E-state index < -0.39 is 17.7 Å². The van der Waals surface area contributed by atoms with Crippen LogP contribution in [-0.2, 0) is 27.4 Å². The van der Waals surface area contributed by atoms with Crippen molar-refractivity contribution in [2.24, 2.45) is 0 Å². The lowest BCUT2D eigenvalue weighted by atomic mass is 9.94. The molecule has 0 saturated carbocycles. The van der Waals surface area contributed by atoms with E-state index in [-0.39, 0.29) is 30.6 Å². The summed E-state index contributed by atoms with van der Waals surface area (Å²) >= 11 is 0. The molecular weight excluding hydrogens is 470 g/mol. The van der Waals surface area contributed by atoms with Gasteiger partial charge in [0.05, 0.1) is 18.2 Å². The smallest absolute Gasteiger partial charge is 0.295 e. The second-order valence-corrected chi connectivity index (χ2v) is 9.29. The molecule has 0 spiro atoms. The molecule has 2 aliphatic rings. The topological polar surface area (TPSA) is 85.3 Å². The summed E-state index contributed by atoms with van der Waals surface area (Å²) in [6.07, 6.45) is 0.758. The summed E-state index contributed by atoms with van der Waals surface area (Å²) in [4.78, 5) is 27.8. The van der Waals surface area contributed by atoms with Gasteiger partial charge in [-0.3, -0.25) is 9.59 Å². The Morgan fingerprint density at radius 1 is 1.05 bits per heavy atom. The molecule has 0 aliphatic carbocycles. The molecular formula is C30H29NO6. The summed E-state index contributed by atoms with van der Waals surface area (Å²) < 4.78 is 17.0. The third kappa shape index (κ3) is 4.95. The first kappa shape index (κ1) is 24.6. The molecule has 37 heavy (non-hydrogen) atoms. The molecule has 0 radical (unpaired) electrons. The quantitative estimate of drug-likeness (QED) is 0.276. The highest BCUT2D eigenvalue weighted by atomic mass is 16.5. The number of carbonyl (C=O) groups is 2. The van der Waals surface area contributed by atoms with E-state index in [0.29, 0.717) is 29.9 Å². The maximum Gasteiger partial charge on any atom is 0.295 e. The standard InChI is InChI=1S/C30H29NO6/c1-19-15-23-16-22(11-12-25(23)37-19)28(32)26-27(31(13-14-35-2)30(34)29(26)33)21-9-6-10-24(17-21)36-18-20-7-4-3-5-8-20/h3-12,16-17,19,27,32H,13-15,18H2,1-2H3/t19-,27-/m0/s1. The predicted octanol–water partition coefficient (Wildman–Crippen LogP) is 4.66. The molecule has 3 aromatic carbocycles. The van der Waals surface area contributed by atoms with E-state index in [9.17, 15) is 14.7 Å². The zero-order chi connectivity index (χ0) is 25.9. The van der Waals surface area contributed by atoms with Crippen molar-refractivity contribution in [3.63, 3.8) is 0 Å². The van der Waals surface area contributed by atoms with Crippen LogP contribution in [0.4, 0.5) is 0 Å². The van der Waals surface area contributed by atoms with Crippen molar-refractivity contribution in [3.05, 3.63) is 101 Å². The number of carbonyl (C=O) groups excluding carboxylic acids is 2. The summed E-state index contributed by atoms with van der Waals surface area (Å²) in [5, 5.41) is 11.4. The van der Waals surface area contributed by atoms with E-state index in [0.717, 1.165) is 16.9 Å². The van der Waals surface area contributed by atoms with E-state index in [1.54, 1.807) is 12.1 Å². The molecule has 0 aromatic heterocycles. The number of hydrogen-bond acceptors (Lipinski definition) is 6. The van der Waals surface area contributed by atoms with E-state index in [2.05, 4.69) is 0 Å². The number of aliphatic hydroxyl groups excluding tert-OH is 1. The van der Waals surface area contributed by atoms with E-state index >= 15 is 0 Å². The number of aliphatic hydroxyl groups is 1. The Hall–Kier alpha value is -4.10. The minimum absolute atomic E-state index is 0.0469. The number of likely N-dealkylation sites (tertiary alicyclic amines) is 1. The number of rotatable bonds is 8. The number of hydrogen-bond donors (Lipinski definition) is 1. The predicted molar refractivity (Wildman–Crippen MR) is 138 cm³/mol. The first-order valence-electron chi connectivity index (χ1n) is 12.3. The van der Waals surface area contributed by atoms with Gasteiger partial charge in [0.25, 0.3) is 11.7 Å². The highest BCUT2D eigenvalue weighted by molar-refractivity contribution is 6.46. The van der Waals surface area contributed by atoms with Crippen molar-refractivity contribution in [2.45, 2.75) is 32.1 Å². The second kappa shape index (κ2) is 10.5. The van der Waals surface area contributed by atoms with Gasteiger partial charge in [-0.2, -0.15) is 0 Å². The van der Waals surface area contributed by atoms with E-state index in [1.807, 2.05) is 67.6 Å². The SMILES string of the molecule is COCCN1C(=O)C(=O)C(=C(O)c2ccc3c(c2)C[C@H](C)O3)[C@@H]1c1cccc(OCc2ccccc2)c1. The Morgan fingerprint density at radius 2 is 1.86 bits per heavy atom. The maximum absolute atomic E-state index is 13.3. The van der Waals surface area contributed by atoms with E-state index in [1.165, 1.54) is 12.0 Å². The molecule has 2 heterocycles. The average Bonchev–Trinajstić information content (AvgIpc) is 3.41. The van der Waals surface area contributed by atoms with Gasteiger partial charge in [0, 0.05) is 25.6 Å². The van der Waals surface area contributed by atoms with Gasteiger partial charge in [-0.15, -0.1) is 0 Å². The second-order valence-electron chi connectivity index (χ2n) is 9.29. The highest BCUT2D eigenvalue weighted by Crippen LogP contribution is 2.41. The van der Waals surface area contributed by atoms with Crippen LogP contribution >= 0.6 is 0 Å². The van der Waals surface area contributed by atoms with Crippen molar-refractivity contribution in [1.82, 2.24) is 4.90 Å². The Morgan fingerprint density at radius 3 is 2.65 bits per heavy atom. The number of fused-ring (bicyclic) bond motifs is 1. The fourth-order valence-electron chi connectivity index (χ4n) is 4.89. The molecule has 1 saturated heterocycles. The highest BCUT2D eigenvalue weighted by Gasteiger charge is 2.46. The number of benzene rings is 3. The van der Waals surface area contributed by atoms with Gasteiger partial charge >= 0.3 is 0 Å². The van der Waals surface area contributed by atoms with Gasteiger partial charge in [-0.1, -0.05) is 42.5 Å². The number of Topliss-reactive ketones (excluding diaryl/α,β-unsaturated/α-hetero) is 1. The van der Waals surface area contributed by atoms with Gasteiger partial charge in [0.1, 0.15) is 30.0 Å². The fourth-order valence-corrected chi connectivity index (χ4v) is 4.89. The molecule has 1 amide bonds. The monoisotopic (exact) mass is 499 g/mol. The van der Waals surface area contributed by atoms with Crippen LogP contribution < -0.4 is 9.47 Å². The zero-order valence-electron chi connectivity index (χ0n) is 20.8. The third-order valence-electron chi connectivity index (χ3n) is 6.67. The van der Waals surface area contributed by atoms with Crippen molar-refractivity contribution in [2.75, 3.05) is 20.3 Å². The van der Waals surface area contributed by atoms with Crippen LogP contribution in [0.15, 0.2) is 78.4 Å². The molecule has 1 fully saturated rings. The Bertz CT molecular complexity index is 1350. The van der Waals surface area contributed by atoms with Crippen LogP contribution in [0.1, 0.15) is 35.2 Å². The third-order valence-corrected chi connectivity index (χ3v) is 6.67. The lowest BCUT2D eigenvalue weighted by Crippen LogP contribution is -2.32. The average molecular weight is 500 g/mol. The summed E-state index contributed by atoms with van der Waals surface area (Å²) in [6, 6.07) is 21.6. The van der Waals surface area contributed by atoms with E-state index in [4.69, 9.17) is 14.2 Å². The number of ether oxygens (including phenoxy) is 3. The van der Waals surface area contributed by atoms with Gasteiger partial charge in [-0.25, -0.2) is 0 Å². The Labute approximate surface area is 215 Å². The van der Waals surface area contributed by atoms with Crippen molar-refractivity contribution >= 4 is 17.4 Å². The summed E-state index contributed by atoms with van der Waals surface area (Å²) in [6.45, 7) is 2.81. The van der Waals surface area contributed by atoms with Crippen molar-refractivity contribution < 1.29 is 28.9 Å². The van der Waals surface area contributed by atoms with Crippen LogP contribution in [0, 0.1) is 0 Å². The van der Waals surface area contributed by atoms with Crippen molar-refractivity contribution in [1.29, 1.82) is 0 Å². The van der Waals surface area contributed by atoms with Gasteiger partial charge < -0.3 is 24.2 Å². The van der Waals surface area contributed by atoms with Gasteiger partial charge in [0.2, 0.25) is 0 Å². The molecule has 2 atom stereocenters. The van der Waals surface area contributed by atoms with Crippen LogP contribution in [0.25, 0.3) is 5.76 Å². The minimum Gasteiger partial charge on any atom is -0.507 e. The largest absolute Gasteiger partial charge is 0.507 e. The summed E-state index contributed by atoms with van der Waals surface area (Å²) in [5.74, 6) is -0.232. The lowest BCUT2D eigenvalue weighted by Gasteiger charge is -2.25. The Balaban J connectivity index is 1.53. The first-order chi connectivity index (χ1) is 18.0. The van der Waals surface area contributed by atoms with Crippen LogP contribution in [-0.4, -0.2) is 48.1 Å². The normalized spacial score (nSPS) is 20.1. The maximum atomic E-state index is 13.3. The Kier molecular flexibility index (Phi) is 6.97. The van der Waals surface area contributed by atoms with Crippen molar-refractivity contribution in [3.8, 4) is 11.5 Å². The number of ketones is 1. The van der Waals surface area contributed by atoms with Gasteiger partial charge in [-0.05, 0) is 53.9 Å². The number of amides is 1. The van der Waals surface area contributed by atoms with Gasteiger partial charge in [0.15, 0.2) is 0 Å². The number of methoxy groups -OCH3 is 1. The number of nitrogens with zero attached hydrogens (tertiary/aromatic N) is 1. The summed E-state index contributed by atoms with van der Waals surface area (Å²) in [7, 11) is 1.54. The fraction of sp³-hybridized carbons (Fsp3) is 0.267. The first-order valence-corrected chi connectivity index (χ1v) is 12.3. The molecule has 0 bridgehead atoms. The molecule has 5 rings (SSSR count). The minimum atomic E-state index is -0.779. The molecule has 190 valence electrons.